The number of ether oxygens (including phenoxy) is 1. The molecule has 2 rings (SSSR count). The largest absolute Gasteiger partial charge is 0.481 e. The molecule has 0 aliphatic rings. The molecular formula is C10H12N4O2. The van der Waals surface area contributed by atoms with Gasteiger partial charge in [0.25, 0.3) is 0 Å². The van der Waals surface area contributed by atoms with Crippen molar-refractivity contribution in [1.82, 2.24) is 15.1 Å². The van der Waals surface area contributed by atoms with Crippen molar-refractivity contribution in [3.05, 3.63) is 29.7 Å². The summed E-state index contributed by atoms with van der Waals surface area (Å²) < 4.78 is 9.88. The zero-order valence-corrected chi connectivity index (χ0v) is 9.10. The molecule has 0 saturated carbocycles. The summed E-state index contributed by atoms with van der Waals surface area (Å²) in [6.07, 6.45) is 1.73. The highest BCUT2D eigenvalue weighted by molar-refractivity contribution is 5.24. The Morgan fingerprint density at radius 3 is 2.88 bits per heavy atom. The fraction of sp³-hybridized carbons (Fsp3) is 0.300. The number of nitrogens with zero attached hydrogens (tertiary/aromatic N) is 3. The summed E-state index contributed by atoms with van der Waals surface area (Å²) in [6.45, 7) is 2.35. The van der Waals surface area contributed by atoms with E-state index in [1.165, 1.54) is 0 Å². The van der Waals surface area contributed by atoms with E-state index in [9.17, 15) is 0 Å². The number of hydrogen-bond donors (Lipinski definition) is 1. The average Bonchev–Trinajstić information content (AvgIpc) is 2.73. The van der Waals surface area contributed by atoms with Crippen LogP contribution in [0.3, 0.4) is 0 Å². The summed E-state index contributed by atoms with van der Waals surface area (Å²) in [5, 5.41) is 6.67. The van der Waals surface area contributed by atoms with Crippen LogP contribution in [0.1, 0.15) is 11.4 Å². The van der Waals surface area contributed by atoms with Gasteiger partial charge in [0.15, 0.2) is 5.82 Å². The minimum Gasteiger partial charge on any atom is -0.481 e. The quantitative estimate of drug-likeness (QED) is 0.839. The molecule has 0 aliphatic heterocycles. The van der Waals surface area contributed by atoms with Crippen molar-refractivity contribution in [1.29, 1.82) is 0 Å². The van der Waals surface area contributed by atoms with E-state index in [4.69, 9.17) is 9.26 Å². The topological polar surface area (TPSA) is 73.1 Å². The van der Waals surface area contributed by atoms with Crippen LogP contribution in [0.5, 0.6) is 5.88 Å². The molecule has 6 heteroatoms. The molecule has 2 heterocycles. The van der Waals surface area contributed by atoms with Crippen LogP contribution in [0, 0.1) is 6.92 Å². The molecule has 84 valence electrons. The third-order valence-electron chi connectivity index (χ3n) is 1.98. The number of anilines is 1. The smallest absolute Gasteiger partial charge is 0.321 e. The van der Waals surface area contributed by atoms with Crippen LogP contribution in [0.25, 0.3) is 0 Å². The van der Waals surface area contributed by atoms with Gasteiger partial charge in [0.1, 0.15) is 0 Å². The van der Waals surface area contributed by atoms with Crippen LogP contribution in [-0.2, 0) is 6.54 Å². The SMILES string of the molecule is COc1ccc(CNc2nc(C)no2)cn1. The Labute approximate surface area is 92.7 Å². The minimum atomic E-state index is 0.410. The highest BCUT2D eigenvalue weighted by Gasteiger charge is 2.01. The Kier molecular flexibility index (Phi) is 3.00. The molecule has 0 radical (unpaired) electrons. The second-order valence-electron chi connectivity index (χ2n) is 3.21. The van der Waals surface area contributed by atoms with Crippen molar-refractivity contribution in [2.24, 2.45) is 0 Å². The molecule has 2 aromatic rings. The molecular weight excluding hydrogens is 208 g/mol. The number of hydrogen-bond acceptors (Lipinski definition) is 6. The number of aromatic nitrogens is 3. The summed E-state index contributed by atoms with van der Waals surface area (Å²) in [5.74, 6) is 1.20. The van der Waals surface area contributed by atoms with Crippen LogP contribution in [0.4, 0.5) is 6.01 Å². The summed E-state index contributed by atoms with van der Waals surface area (Å²) in [6, 6.07) is 4.13. The van der Waals surface area contributed by atoms with E-state index in [1.54, 1.807) is 26.3 Å². The van der Waals surface area contributed by atoms with Gasteiger partial charge in [0.2, 0.25) is 5.88 Å². The highest BCUT2D eigenvalue weighted by Crippen LogP contribution is 2.09. The van der Waals surface area contributed by atoms with Crippen LogP contribution < -0.4 is 10.1 Å². The van der Waals surface area contributed by atoms with Crippen molar-refractivity contribution in [3.63, 3.8) is 0 Å². The molecule has 2 aromatic heterocycles. The standard InChI is InChI=1S/C10H12N4O2/c1-7-13-10(16-14-7)12-6-8-3-4-9(15-2)11-5-8/h3-5H,6H2,1-2H3,(H,12,13,14). The van der Waals surface area contributed by atoms with Gasteiger partial charge >= 0.3 is 6.01 Å². The van der Waals surface area contributed by atoms with E-state index in [0.717, 1.165) is 5.56 Å². The number of pyridine rings is 1. The van der Waals surface area contributed by atoms with Crippen molar-refractivity contribution in [2.45, 2.75) is 13.5 Å². The predicted molar refractivity (Wildman–Crippen MR) is 57.2 cm³/mol. The van der Waals surface area contributed by atoms with Gasteiger partial charge in [0, 0.05) is 18.8 Å². The third kappa shape index (κ3) is 2.47. The summed E-state index contributed by atoms with van der Waals surface area (Å²) in [5.41, 5.74) is 1.01. The first-order valence-corrected chi connectivity index (χ1v) is 4.81. The van der Waals surface area contributed by atoms with Gasteiger partial charge in [-0.1, -0.05) is 11.2 Å². The first-order chi connectivity index (χ1) is 7.78. The number of aryl methyl sites for hydroxylation is 1. The van der Waals surface area contributed by atoms with Crippen LogP contribution in [-0.4, -0.2) is 22.2 Å². The van der Waals surface area contributed by atoms with E-state index >= 15 is 0 Å². The van der Waals surface area contributed by atoms with E-state index in [2.05, 4.69) is 20.4 Å². The molecule has 6 nitrogen and oxygen atoms in total. The molecule has 0 fully saturated rings. The van der Waals surface area contributed by atoms with Gasteiger partial charge in [-0.25, -0.2) is 4.98 Å². The predicted octanol–water partition coefficient (Wildman–Crippen LogP) is 1.39. The molecule has 0 atom stereocenters. The Morgan fingerprint density at radius 1 is 1.44 bits per heavy atom. The normalized spacial score (nSPS) is 10.1. The third-order valence-corrected chi connectivity index (χ3v) is 1.98. The van der Waals surface area contributed by atoms with Crippen molar-refractivity contribution >= 4 is 6.01 Å². The maximum atomic E-state index is 4.96. The lowest BCUT2D eigenvalue weighted by atomic mass is 10.3. The molecule has 0 unspecified atom stereocenters. The number of methoxy groups -OCH3 is 1. The maximum absolute atomic E-state index is 4.96. The number of rotatable bonds is 4. The molecule has 0 spiro atoms. The average molecular weight is 220 g/mol. The van der Waals surface area contributed by atoms with Crippen LogP contribution in [0.2, 0.25) is 0 Å². The van der Waals surface area contributed by atoms with Gasteiger partial charge in [-0.05, 0) is 12.5 Å². The Bertz CT molecular complexity index is 452. The summed E-state index contributed by atoms with van der Waals surface area (Å²) >= 11 is 0. The van der Waals surface area contributed by atoms with E-state index in [0.29, 0.717) is 24.3 Å². The Balaban J connectivity index is 1.94. The highest BCUT2D eigenvalue weighted by atomic mass is 16.5. The van der Waals surface area contributed by atoms with Gasteiger partial charge in [-0.15, -0.1) is 0 Å². The lowest BCUT2D eigenvalue weighted by molar-refractivity contribution is 0.397. The van der Waals surface area contributed by atoms with Gasteiger partial charge in [-0.3, -0.25) is 0 Å². The molecule has 1 N–H and O–H groups in total. The van der Waals surface area contributed by atoms with E-state index < -0.39 is 0 Å². The molecule has 16 heavy (non-hydrogen) atoms. The zero-order valence-electron chi connectivity index (χ0n) is 9.10. The van der Waals surface area contributed by atoms with Crippen LogP contribution >= 0.6 is 0 Å². The maximum Gasteiger partial charge on any atom is 0.321 e. The Hall–Kier alpha value is -2.11. The van der Waals surface area contributed by atoms with Gasteiger partial charge in [-0.2, -0.15) is 4.98 Å². The van der Waals surface area contributed by atoms with Crippen molar-refractivity contribution in [3.8, 4) is 5.88 Å². The van der Waals surface area contributed by atoms with E-state index in [-0.39, 0.29) is 0 Å². The second kappa shape index (κ2) is 4.61. The lowest BCUT2D eigenvalue weighted by Gasteiger charge is -2.02. The molecule has 0 aromatic carbocycles. The molecule has 0 amide bonds. The first-order valence-electron chi connectivity index (χ1n) is 4.81. The fourth-order valence-corrected chi connectivity index (χ4v) is 1.18. The zero-order chi connectivity index (χ0) is 11.4. The monoisotopic (exact) mass is 220 g/mol. The summed E-state index contributed by atoms with van der Waals surface area (Å²) in [7, 11) is 1.58. The molecule has 0 aliphatic carbocycles. The van der Waals surface area contributed by atoms with Gasteiger partial charge < -0.3 is 14.6 Å². The van der Waals surface area contributed by atoms with Crippen molar-refractivity contribution < 1.29 is 9.26 Å². The van der Waals surface area contributed by atoms with Crippen LogP contribution in [0.15, 0.2) is 22.9 Å². The van der Waals surface area contributed by atoms with Crippen molar-refractivity contribution in [2.75, 3.05) is 12.4 Å². The van der Waals surface area contributed by atoms with E-state index in [1.807, 2.05) is 6.07 Å². The Morgan fingerprint density at radius 2 is 2.31 bits per heavy atom. The minimum absolute atomic E-state index is 0.410. The lowest BCUT2D eigenvalue weighted by Crippen LogP contribution is -2.00. The fourth-order valence-electron chi connectivity index (χ4n) is 1.18. The second-order valence-corrected chi connectivity index (χ2v) is 3.21. The first kappa shape index (κ1) is 10.4. The summed E-state index contributed by atoms with van der Waals surface area (Å²) in [4.78, 5) is 8.11. The molecule has 0 bridgehead atoms. The number of nitrogens with one attached hydrogen (secondary N) is 1. The molecule has 0 saturated heterocycles. The van der Waals surface area contributed by atoms with Gasteiger partial charge in [0.05, 0.1) is 7.11 Å².